The maximum Gasteiger partial charge on any atom is 0.264 e. The second kappa shape index (κ2) is 8.44. The summed E-state index contributed by atoms with van der Waals surface area (Å²) < 4.78 is 24.9. The molecule has 0 heterocycles. The van der Waals surface area contributed by atoms with Crippen molar-refractivity contribution in [2.75, 3.05) is 20.7 Å². The predicted octanol–water partition coefficient (Wildman–Crippen LogP) is 2.49. The van der Waals surface area contributed by atoms with E-state index >= 15 is 0 Å². The molecule has 0 saturated heterocycles. The van der Waals surface area contributed by atoms with Crippen LogP contribution in [0.2, 0.25) is 5.02 Å². The van der Waals surface area contributed by atoms with Crippen LogP contribution >= 0.6 is 11.6 Å². The Labute approximate surface area is 152 Å². The Kier molecular flexibility index (Phi) is 6.55. The van der Waals surface area contributed by atoms with E-state index in [4.69, 9.17) is 16.4 Å². The van der Waals surface area contributed by atoms with Crippen LogP contribution in [0.4, 0.5) is 0 Å². The van der Waals surface area contributed by atoms with E-state index in [2.05, 4.69) is 5.32 Å². The van der Waals surface area contributed by atoms with Gasteiger partial charge in [0.15, 0.2) is 0 Å². The van der Waals surface area contributed by atoms with Crippen LogP contribution < -0.4 is 5.32 Å². The molecule has 2 rings (SSSR count). The number of halogens is 1. The maximum absolute atomic E-state index is 12.1. The number of carbonyl (C=O) groups is 1. The van der Waals surface area contributed by atoms with Gasteiger partial charge in [0.05, 0.1) is 12.0 Å². The fourth-order valence-electron chi connectivity index (χ4n) is 2.10. The van der Waals surface area contributed by atoms with Crippen molar-refractivity contribution in [3.8, 4) is 0 Å². The van der Waals surface area contributed by atoms with Gasteiger partial charge in [-0.2, -0.15) is 0 Å². The average molecular weight is 383 g/mol. The first-order valence-corrected chi connectivity index (χ1v) is 9.32. The van der Waals surface area contributed by atoms with Gasteiger partial charge in [0.25, 0.3) is 15.9 Å². The zero-order valence-corrected chi connectivity index (χ0v) is 15.5. The fraction of sp³-hybridized carbons (Fsp3) is 0.235. The van der Waals surface area contributed by atoms with Crippen LogP contribution in [0, 0.1) is 0 Å². The summed E-state index contributed by atoms with van der Waals surface area (Å²) in [7, 11) is -1.16. The molecule has 1 amide bonds. The molecule has 0 unspecified atom stereocenters. The topological polar surface area (TPSA) is 75.7 Å². The lowest BCUT2D eigenvalue weighted by Gasteiger charge is -2.14. The molecule has 2 aromatic carbocycles. The summed E-state index contributed by atoms with van der Waals surface area (Å²) in [6.45, 7) is 0.465. The Morgan fingerprint density at radius 2 is 1.72 bits per heavy atom. The molecule has 0 aliphatic carbocycles. The van der Waals surface area contributed by atoms with Gasteiger partial charge in [-0.05, 0) is 48.4 Å². The molecule has 1 N–H and O–H groups in total. The van der Waals surface area contributed by atoms with Crippen LogP contribution in [0.1, 0.15) is 15.9 Å². The molecule has 134 valence electrons. The number of nitrogens with one attached hydrogen (secondary N) is 1. The number of hydrogen-bond donors (Lipinski definition) is 1. The Morgan fingerprint density at radius 3 is 2.28 bits per heavy atom. The standard InChI is InChI=1S/C17H19ClN2O4S/c1-20(24-2)25(22,23)16-9-5-14(6-10-16)17(21)19-12-11-13-3-7-15(18)8-4-13/h3-10H,11-12H2,1-2H3,(H,19,21). The third kappa shape index (κ3) is 5.02. The van der Waals surface area contributed by atoms with Gasteiger partial charge in [-0.25, -0.2) is 8.42 Å². The largest absolute Gasteiger partial charge is 0.352 e. The van der Waals surface area contributed by atoms with Gasteiger partial charge in [0.2, 0.25) is 0 Å². The highest BCUT2D eigenvalue weighted by Crippen LogP contribution is 2.15. The van der Waals surface area contributed by atoms with Crippen LogP contribution in [0.15, 0.2) is 53.4 Å². The van der Waals surface area contributed by atoms with Crippen molar-refractivity contribution >= 4 is 27.5 Å². The number of nitrogens with zero attached hydrogens (tertiary/aromatic N) is 1. The fourth-order valence-corrected chi connectivity index (χ4v) is 3.20. The van der Waals surface area contributed by atoms with E-state index in [1.807, 2.05) is 12.1 Å². The molecule has 0 spiro atoms. The summed E-state index contributed by atoms with van der Waals surface area (Å²) in [6.07, 6.45) is 0.675. The number of carbonyl (C=O) groups excluding carboxylic acids is 1. The van der Waals surface area contributed by atoms with E-state index in [0.29, 0.717) is 23.6 Å². The van der Waals surface area contributed by atoms with Gasteiger partial charge >= 0.3 is 0 Å². The normalized spacial score (nSPS) is 11.5. The molecule has 0 saturated carbocycles. The lowest BCUT2D eigenvalue weighted by atomic mass is 10.1. The molecular formula is C17H19ClN2O4S. The van der Waals surface area contributed by atoms with E-state index < -0.39 is 10.0 Å². The Morgan fingerprint density at radius 1 is 1.12 bits per heavy atom. The van der Waals surface area contributed by atoms with Crippen molar-refractivity contribution in [2.24, 2.45) is 0 Å². The lowest BCUT2D eigenvalue weighted by Crippen LogP contribution is -2.27. The Bertz CT molecular complexity index is 821. The van der Waals surface area contributed by atoms with Gasteiger partial charge in [0, 0.05) is 24.2 Å². The van der Waals surface area contributed by atoms with E-state index in [9.17, 15) is 13.2 Å². The summed E-state index contributed by atoms with van der Waals surface area (Å²) in [5.74, 6) is -0.266. The van der Waals surface area contributed by atoms with Gasteiger partial charge < -0.3 is 5.32 Å². The molecular weight excluding hydrogens is 364 g/mol. The highest BCUT2D eigenvalue weighted by Gasteiger charge is 2.20. The van der Waals surface area contributed by atoms with Crippen LogP contribution in [0.3, 0.4) is 0 Å². The van der Waals surface area contributed by atoms with Gasteiger partial charge in [-0.1, -0.05) is 28.2 Å². The zero-order chi connectivity index (χ0) is 18.4. The predicted molar refractivity (Wildman–Crippen MR) is 95.9 cm³/mol. The summed E-state index contributed by atoms with van der Waals surface area (Å²) in [4.78, 5) is 16.9. The second-order valence-corrected chi connectivity index (χ2v) is 7.63. The van der Waals surface area contributed by atoms with Crippen LogP contribution in [-0.2, 0) is 21.3 Å². The first kappa shape index (κ1) is 19.4. The first-order valence-electron chi connectivity index (χ1n) is 7.50. The molecule has 0 atom stereocenters. The van der Waals surface area contributed by atoms with Crippen LogP contribution in [0.5, 0.6) is 0 Å². The monoisotopic (exact) mass is 382 g/mol. The van der Waals surface area contributed by atoms with Crippen molar-refractivity contribution in [3.05, 3.63) is 64.7 Å². The van der Waals surface area contributed by atoms with Gasteiger partial charge in [-0.15, -0.1) is 0 Å². The van der Waals surface area contributed by atoms with Crippen molar-refractivity contribution in [2.45, 2.75) is 11.3 Å². The minimum absolute atomic E-state index is 0.0505. The van der Waals surface area contributed by atoms with E-state index in [0.717, 1.165) is 10.0 Å². The molecule has 2 aromatic rings. The number of hydrogen-bond acceptors (Lipinski definition) is 4. The van der Waals surface area contributed by atoms with Crippen LogP contribution in [0.25, 0.3) is 0 Å². The van der Waals surface area contributed by atoms with Gasteiger partial charge in [0.1, 0.15) is 0 Å². The molecule has 6 nitrogen and oxygen atoms in total. The number of hydroxylamine groups is 1. The Balaban J connectivity index is 1.95. The third-order valence-corrected chi connectivity index (χ3v) is 5.57. The van der Waals surface area contributed by atoms with Crippen molar-refractivity contribution in [1.29, 1.82) is 0 Å². The highest BCUT2D eigenvalue weighted by atomic mass is 35.5. The molecule has 0 radical (unpaired) electrons. The number of sulfonamides is 1. The number of rotatable bonds is 7. The minimum Gasteiger partial charge on any atom is -0.352 e. The van der Waals surface area contributed by atoms with E-state index in [1.165, 1.54) is 38.4 Å². The van der Waals surface area contributed by atoms with Gasteiger partial charge in [-0.3, -0.25) is 9.63 Å². The maximum atomic E-state index is 12.1. The summed E-state index contributed by atoms with van der Waals surface area (Å²) in [5.41, 5.74) is 1.45. The van der Waals surface area contributed by atoms with Crippen LogP contribution in [-0.4, -0.2) is 39.5 Å². The summed E-state index contributed by atoms with van der Waals surface area (Å²) >= 11 is 5.83. The molecule has 25 heavy (non-hydrogen) atoms. The molecule has 0 aromatic heterocycles. The van der Waals surface area contributed by atoms with E-state index in [-0.39, 0.29) is 10.8 Å². The first-order chi connectivity index (χ1) is 11.8. The second-order valence-electron chi connectivity index (χ2n) is 5.25. The zero-order valence-electron chi connectivity index (χ0n) is 13.9. The van der Waals surface area contributed by atoms with E-state index in [1.54, 1.807) is 12.1 Å². The average Bonchev–Trinajstić information content (AvgIpc) is 2.62. The molecule has 0 bridgehead atoms. The van der Waals surface area contributed by atoms with Crippen molar-refractivity contribution in [3.63, 3.8) is 0 Å². The third-order valence-electron chi connectivity index (χ3n) is 3.62. The summed E-state index contributed by atoms with van der Waals surface area (Å²) in [6, 6.07) is 13.1. The molecule has 0 fully saturated rings. The molecule has 0 aliphatic heterocycles. The number of benzene rings is 2. The lowest BCUT2D eigenvalue weighted by molar-refractivity contribution is -0.0258. The summed E-state index contributed by atoms with van der Waals surface area (Å²) in [5, 5.41) is 3.47. The quantitative estimate of drug-likeness (QED) is 0.746. The number of amides is 1. The highest BCUT2D eigenvalue weighted by molar-refractivity contribution is 7.89. The van der Waals surface area contributed by atoms with Crippen molar-refractivity contribution in [1.82, 2.24) is 9.79 Å². The molecule has 8 heteroatoms. The minimum atomic E-state index is -3.72. The smallest absolute Gasteiger partial charge is 0.264 e. The Hall–Kier alpha value is -1.93. The SMILES string of the molecule is CON(C)S(=O)(=O)c1ccc(C(=O)NCCc2ccc(Cl)cc2)cc1. The molecule has 0 aliphatic rings. The van der Waals surface area contributed by atoms with Crippen molar-refractivity contribution < 1.29 is 18.0 Å².